The number of hydrogen-bond donors (Lipinski definition) is 0. The number of rotatable bonds is 5. The fraction of sp³-hybridized carbons (Fsp3) is 0.250. The molecule has 0 saturated carbocycles. The van der Waals surface area contributed by atoms with E-state index in [1.807, 2.05) is 36.2 Å². The van der Waals surface area contributed by atoms with Crippen molar-refractivity contribution < 1.29 is 9.47 Å². The monoisotopic (exact) mass is 283 g/mol. The normalized spacial score (nSPS) is 9.81. The Hall–Kier alpha value is -2.74. The summed E-state index contributed by atoms with van der Waals surface area (Å²) in [5, 5.41) is 8.78. The molecule has 0 unspecified atom stereocenters. The van der Waals surface area contributed by atoms with E-state index in [1.54, 1.807) is 26.5 Å². The lowest BCUT2D eigenvalue weighted by Crippen LogP contribution is -2.17. The van der Waals surface area contributed by atoms with Crippen LogP contribution in [0.25, 0.3) is 0 Å². The van der Waals surface area contributed by atoms with Crippen LogP contribution < -0.4 is 14.4 Å². The summed E-state index contributed by atoms with van der Waals surface area (Å²) in [5.74, 6) is 2.22. The predicted molar refractivity (Wildman–Crippen MR) is 80.6 cm³/mol. The molecule has 0 bridgehead atoms. The average Bonchev–Trinajstić information content (AvgIpc) is 2.54. The molecule has 0 spiro atoms. The second kappa shape index (κ2) is 6.62. The van der Waals surface area contributed by atoms with Gasteiger partial charge in [-0.25, -0.2) is 4.98 Å². The second-order valence-electron chi connectivity index (χ2n) is 4.56. The summed E-state index contributed by atoms with van der Waals surface area (Å²) in [4.78, 5) is 6.27. The molecule has 5 nitrogen and oxygen atoms in total. The maximum Gasteiger partial charge on any atom is 0.161 e. The molecule has 0 atom stereocenters. The number of nitrogens with zero attached hydrogens (tertiary/aromatic N) is 3. The number of methoxy groups -OCH3 is 2. The summed E-state index contributed by atoms with van der Waals surface area (Å²) >= 11 is 0. The number of ether oxygens (including phenoxy) is 2. The Bertz CT molecular complexity index is 648. The molecule has 0 fully saturated rings. The van der Waals surface area contributed by atoms with Gasteiger partial charge < -0.3 is 14.4 Å². The number of nitriles is 1. The molecule has 0 aliphatic carbocycles. The van der Waals surface area contributed by atoms with Gasteiger partial charge in [-0.05, 0) is 29.8 Å². The van der Waals surface area contributed by atoms with Crippen LogP contribution in [0, 0.1) is 11.3 Å². The Kier molecular flexibility index (Phi) is 4.62. The standard InChI is InChI=1S/C16H17N3O2/c1-19(16-7-5-13(9-17)10-18-16)11-12-4-6-14(20-2)15(8-12)21-3/h4-8,10H,11H2,1-3H3. The first-order chi connectivity index (χ1) is 10.2. The second-order valence-corrected chi connectivity index (χ2v) is 4.56. The predicted octanol–water partition coefficient (Wildman–Crippen LogP) is 2.61. The fourth-order valence-corrected chi connectivity index (χ4v) is 2.01. The van der Waals surface area contributed by atoms with Gasteiger partial charge in [0.25, 0.3) is 0 Å². The number of anilines is 1. The summed E-state index contributed by atoms with van der Waals surface area (Å²) < 4.78 is 10.5. The van der Waals surface area contributed by atoms with Crippen LogP contribution in [0.5, 0.6) is 11.5 Å². The lowest BCUT2D eigenvalue weighted by molar-refractivity contribution is 0.354. The largest absolute Gasteiger partial charge is 0.493 e. The summed E-state index contributed by atoms with van der Waals surface area (Å²) in [6.45, 7) is 0.680. The molecule has 0 aliphatic heterocycles. The van der Waals surface area contributed by atoms with Crippen LogP contribution in [-0.2, 0) is 6.54 Å². The van der Waals surface area contributed by atoms with Crippen molar-refractivity contribution in [1.82, 2.24) is 4.98 Å². The summed E-state index contributed by atoms with van der Waals surface area (Å²) in [5.41, 5.74) is 1.64. The van der Waals surface area contributed by atoms with Crippen molar-refractivity contribution >= 4 is 5.82 Å². The van der Waals surface area contributed by atoms with Crippen LogP contribution in [0.1, 0.15) is 11.1 Å². The summed E-state index contributed by atoms with van der Waals surface area (Å²) in [6.07, 6.45) is 1.57. The van der Waals surface area contributed by atoms with Crippen LogP contribution in [0.4, 0.5) is 5.82 Å². The van der Waals surface area contributed by atoms with Gasteiger partial charge in [0.05, 0.1) is 19.8 Å². The van der Waals surface area contributed by atoms with Gasteiger partial charge in [-0.1, -0.05) is 6.07 Å². The van der Waals surface area contributed by atoms with Gasteiger partial charge in [0, 0.05) is 19.8 Å². The van der Waals surface area contributed by atoms with Gasteiger partial charge in [-0.3, -0.25) is 0 Å². The highest BCUT2D eigenvalue weighted by Crippen LogP contribution is 2.28. The molecule has 0 saturated heterocycles. The van der Waals surface area contributed by atoms with Gasteiger partial charge >= 0.3 is 0 Å². The van der Waals surface area contributed by atoms with Crippen molar-refractivity contribution in [1.29, 1.82) is 5.26 Å². The highest BCUT2D eigenvalue weighted by molar-refractivity contribution is 5.46. The molecule has 1 aromatic carbocycles. The molecular formula is C16H17N3O2. The Labute approximate surface area is 124 Å². The first-order valence-electron chi connectivity index (χ1n) is 6.46. The molecule has 2 aromatic rings. The molecule has 0 amide bonds. The van der Waals surface area contributed by atoms with Crippen LogP contribution in [-0.4, -0.2) is 26.3 Å². The molecule has 1 aromatic heterocycles. The molecule has 5 heteroatoms. The van der Waals surface area contributed by atoms with E-state index >= 15 is 0 Å². The maximum absolute atomic E-state index is 8.78. The molecule has 0 radical (unpaired) electrons. The molecular weight excluding hydrogens is 266 g/mol. The summed E-state index contributed by atoms with van der Waals surface area (Å²) in [7, 11) is 5.18. The average molecular weight is 283 g/mol. The van der Waals surface area contributed by atoms with Crippen molar-refractivity contribution in [3.05, 3.63) is 47.7 Å². The zero-order chi connectivity index (χ0) is 15.2. The van der Waals surface area contributed by atoms with Gasteiger partial charge in [0.1, 0.15) is 11.9 Å². The number of aromatic nitrogens is 1. The maximum atomic E-state index is 8.78. The zero-order valence-corrected chi connectivity index (χ0v) is 12.3. The van der Waals surface area contributed by atoms with Crippen molar-refractivity contribution in [3.8, 4) is 17.6 Å². The van der Waals surface area contributed by atoms with Gasteiger partial charge in [0.2, 0.25) is 0 Å². The van der Waals surface area contributed by atoms with Crippen molar-refractivity contribution in [2.45, 2.75) is 6.54 Å². The number of pyridine rings is 1. The first-order valence-corrected chi connectivity index (χ1v) is 6.46. The molecule has 2 rings (SSSR count). The fourth-order valence-electron chi connectivity index (χ4n) is 2.01. The van der Waals surface area contributed by atoms with Crippen LogP contribution >= 0.6 is 0 Å². The van der Waals surface area contributed by atoms with Crippen molar-refractivity contribution in [2.75, 3.05) is 26.2 Å². The van der Waals surface area contributed by atoms with Crippen LogP contribution in [0.3, 0.4) is 0 Å². The van der Waals surface area contributed by atoms with Crippen molar-refractivity contribution in [3.63, 3.8) is 0 Å². The third-order valence-electron chi connectivity index (χ3n) is 3.14. The van der Waals surface area contributed by atoms with E-state index in [4.69, 9.17) is 14.7 Å². The molecule has 0 N–H and O–H groups in total. The molecule has 21 heavy (non-hydrogen) atoms. The van der Waals surface area contributed by atoms with E-state index < -0.39 is 0 Å². The van der Waals surface area contributed by atoms with E-state index in [-0.39, 0.29) is 0 Å². The minimum Gasteiger partial charge on any atom is -0.493 e. The van der Waals surface area contributed by atoms with E-state index in [0.717, 1.165) is 11.4 Å². The van der Waals surface area contributed by atoms with E-state index in [9.17, 15) is 0 Å². The quantitative estimate of drug-likeness (QED) is 0.844. The van der Waals surface area contributed by atoms with Gasteiger partial charge in [-0.15, -0.1) is 0 Å². The Morgan fingerprint density at radius 1 is 1.14 bits per heavy atom. The van der Waals surface area contributed by atoms with Crippen LogP contribution in [0.15, 0.2) is 36.5 Å². The molecule has 0 aliphatic rings. The third kappa shape index (κ3) is 3.42. The Morgan fingerprint density at radius 3 is 2.48 bits per heavy atom. The van der Waals surface area contributed by atoms with E-state index in [0.29, 0.717) is 23.6 Å². The SMILES string of the molecule is COc1ccc(CN(C)c2ccc(C#N)cn2)cc1OC. The van der Waals surface area contributed by atoms with Crippen molar-refractivity contribution in [2.24, 2.45) is 0 Å². The number of benzene rings is 1. The first kappa shape index (κ1) is 14.7. The highest BCUT2D eigenvalue weighted by Gasteiger charge is 2.08. The Balaban J connectivity index is 2.15. The highest BCUT2D eigenvalue weighted by atomic mass is 16.5. The zero-order valence-electron chi connectivity index (χ0n) is 12.3. The van der Waals surface area contributed by atoms with E-state index in [2.05, 4.69) is 11.1 Å². The van der Waals surface area contributed by atoms with E-state index in [1.165, 1.54) is 0 Å². The lowest BCUT2D eigenvalue weighted by atomic mass is 10.2. The third-order valence-corrected chi connectivity index (χ3v) is 3.14. The molecule has 108 valence electrons. The van der Waals surface area contributed by atoms with Gasteiger partial charge in [-0.2, -0.15) is 5.26 Å². The topological polar surface area (TPSA) is 58.4 Å². The Morgan fingerprint density at radius 2 is 1.90 bits per heavy atom. The van der Waals surface area contributed by atoms with Gasteiger partial charge in [0.15, 0.2) is 11.5 Å². The minimum atomic E-state index is 0.554. The lowest BCUT2D eigenvalue weighted by Gasteiger charge is -2.19. The molecule has 1 heterocycles. The number of hydrogen-bond acceptors (Lipinski definition) is 5. The van der Waals surface area contributed by atoms with Crippen LogP contribution in [0.2, 0.25) is 0 Å². The minimum absolute atomic E-state index is 0.554. The smallest absolute Gasteiger partial charge is 0.161 e. The summed E-state index contributed by atoms with van der Waals surface area (Å²) in [6, 6.07) is 11.5.